The van der Waals surface area contributed by atoms with Gasteiger partial charge in [-0.05, 0) is 67.6 Å². The second kappa shape index (κ2) is 55.0. The maximum absolute atomic E-state index is 15.2. The zero-order chi connectivity index (χ0) is 85.9. The number of ether oxygens (including phenoxy) is 16. The lowest BCUT2D eigenvalue weighted by Gasteiger charge is -2.42. The minimum Gasteiger partial charge on any atom is -0.456 e. The van der Waals surface area contributed by atoms with E-state index in [-0.39, 0.29) is 97.8 Å². The van der Waals surface area contributed by atoms with Crippen molar-refractivity contribution in [1.29, 1.82) is 0 Å². The molecule has 2 aromatic carbocycles. The van der Waals surface area contributed by atoms with Crippen LogP contribution in [-0.2, 0) is 108 Å². The molecule has 0 spiro atoms. The van der Waals surface area contributed by atoms with Crippen molar-refractivity contribution >= 4 is 41.3 Å². The highest BCUT2D eigenvalue weighted by atomic mass is 16.7. The third kappa shape index (κ3) is 33.9. The number of methoxy groups -OCH3 is 2. The van der Waals surface area contributed by atoms with Crippen LogP contribution in [-0.4, -0.2) is 304 Å². The Morgan fingerprint density at radius 3 is 1.73 bits per heavy atom. The fraction of sp³-hybridized carbons (Fsp3) is 0.759. The Morgan fingerprint density at radius 1 is 0.701 bits per heavy atom. The second-order valence-corrected chi connectivity index (χ2v) is 30.6. The lowest BCUT2D eigenvalue weighted by molar-refractivity contribution is -0.387. The number of aromatic nitrogens is 3. The molecule has 34 heteroatoms. The van der Waals surface area contributed by atoms with Crippen molar-refractivity contribution in [3.05, 3.63) is 81.7 Å². The Hall–Kier alpha value is -7.00. The number of benzene rings is 2. The zero-order valence-electron chi connectivity index (χ0n) is 72.0. The van der Waals surface area contributed by atoms with Crippen molar-refractivity contribution in [1.82, 2.24) is 35.0 Å². The summed E-state index contributed by atoms with van der Waals surface area (Å²) in [7, 11) is 6.11. The van der Waals surface area contributed by atoms with Gasteiger partial charge in [-0.3, -0.25) is 34.1 Å². The molecule has 0 aliphatic carbocycles. The summed E-state index contributed by atoms with van der Waals surface area (Å²) in [6, 6.07) is 10.3. The van der Waals surface area contributed by atoms with Crippen molar-refractivity contribution in [2.75, 3.05) is 174 Å². The Morgan fingerprint density at radius 2 is 1.24 bits per heavy atom. The standard InChI is InChI=1S/C83H137N9O25/c1-17-57(6)76(73(102-15)53-74(95)91-28-21-24-68(91)78(103-16)60(9)80(97)85-61(10)77(96)64-22-19-18-20-23-64)88(13)81(98)67(55(2)3)52-70(94)75(56(4)5)89(14)83(99)117-72(65-25-26-71(69(50-65)92(100)101)116-82-79(115-63(12)93)59(8)58(7)62(11)114-82)51-66-54-90(87-86-66)29-31-105-33-35-107-37-39-109-41-43-111-45-47-113-49-48-112-46-44-110-42-40-108-38-36-106-34-32-104-30-27-84/h18-20,22-23,25-26,50,54-62,67-68,72-73,75-79,82,96H,17,21,24,27-49,51-53,84H2,1-16H3,(H,85,97)/t57-,58+,59+,60+,61+,62?,67-,68?,72?,73+,75-,76-,77+,78+,79?,82+/m1/s1. The topological polar surface area (TPSA) is 392 Å². The van der Waals surface area contributed by atoms with Crippen molar-refractivity contribution in [3.63, 3.8) is 0 Å². The number of nitrogens with zero attached hydrogens (tertiary/aromatic N) is 7. The predicted molar refractivity (Wildman–Crippen MR) is 432 cm³/mol. The van der Waals surface area contributed by atoms with Crippen LogP contribution in [0.2, 0.25) is 0 Å². The van der Waals surface area contributed by atoms with Crippen LogP contribution in [0.5, 0.6) is 5.75 Å². The molecule has 0 bridgehead atoms. The van der Waals surface area contributed by atoms with E-state index in [9.17, 15) is 34.4 Å². The molecule has 3 aromatic rings. The number of hydrogen-bond donors (Lipinski definition) is 3. The number of rotatable bonds is 61. The number of aliphatic hydroxyl groups is 1. The highest BCUT2D eigenvalue weighted by Crippen LogP contribution is 2.39. The largest absolute Gasteiger partial charge is 0.456 e. The van der Waals surface area contributed by atoms with E-state index < -0.39 is 107 Å². The molecule has 664 valence electrons. The van der Waals surface area contributed by atoms with Gasteiger partial charge >= 0.3 is 17.7 Å². The first-order chi connectivity index (χ1) is 56.1. The quantitative estimate of drug-likeness (QED) is 0.0214. The third-order valence-corrected chi connectivity index (χ3v) is 21.6. The Balaban J connectivity index is 1.18. The number of esters is 1. The van der Waals surface area contributed by atoms with E-state index in [1.54, 1.807) is 67.6 Å². The van der Waals surface area contributed by atoms with E-state index >= 15 is 9.59 Å². The number of Topliss-reactive ketones (excluding diaryl/α,β-unsaturated/α-hetero) is 1. The monoisotopic (exact) mass is 1660 g/mol. The molecule has 0 saturated carbocycles. The maximum Gasteiger partial charge on any atom is 0.410 e. The number of aliphatic hydroxyl groups excluding tert-OH is 1. The number of carbonyl (C=O) groups excluding carboxylic acids is 6. The van der Waals surface area contributed by atoms with Gasteiger partial charge in [0.25, 0.3) is 0 Å². The summed E-state index contributed by atoms with van der Waals surface area (Å²) in [5, 5.41) is 35.7. The number of nitrogens with one attached hydrogen (secondary N) is 1. The van der Waals surface area contributed by atoms with E-state index in [1.165, 1.54) is 51.3 Å². The number of hydrogen-bond acceptors (Lipinski definition) is 28. The molecule has 0 radical (unpaired) electrons. The Bertz CT molecular complexity index is 3340. The fourth-order valence-electron chi connectivity index (χ4n) is 14.5. The number of likely N-dealkylation sites (tertiary alicyclic amines) is 1. The highest BCUT2D eigenvalue weighted by Gasteiger charge is 2.47. The van der Waals surface area contributed by atoms with Gasteiger partial charge in [0.1, 0.15) is 6.10 Å². The number of ketones is 1. The average molecular weight is 1660 g/mol. The molecule has 2 aliphatic rings. The zero-order valence-corrected chi connectivity index (χ0v) is 72.0. The first kappa shape index (κ1) is 101. The SMILES string of the molecule is CC[C@@H](C)[C@H]([C@H](CC(=O)N1CCCC1[C@@H](OC)[C@H](C)C(=O)N[C@@H](C)[C@H](O)c1ccccc1)OC)N(C)C(=O)[C@H](CC(=O)[C@@H](C(C)C)N(C)C(=O)OC(Cc1cn(CCOCCOCCOCCOCCOCCOCCOCCOCCOCCOCCN)nn1)c1ccc(O[C@@H]2OC(C)[C@@H](C)[C@H](C)C2OC(C)=O)c([N+](=O)[O-])c1)C(C)C. The highest BCUT2D eigenvalue weighted by molar-refractivity contribution is 5.92. The van der Waals surface area contributed by atoms with E-state index in [2.05, 4.69) is 15.6 Å². The van der Waals surface area contributed by atoms with Gasteiger partial charge in [0, 0.05) is 85.3 Å². The smallest absolute Gasteiger partial charge is 0.410 e. The molecule has 1 aromatic heterocycles. The van der Waals surface area contributed by atoms with E-state index in [0.29, 0.717) is 163 Å². The van der Waals surface area contributed by atoms with Crippen LogP contribution < -0.4 is 15.8 Å². The van der Waals surface area contributed by atoms with Crippen molar-refractivity contribution in [3.8, 4) is 5.75 Å². The number of carbonyl (C=O) groups is 6. The molecule has 4 unspecified atom stereocenters. The average Bonchev–Trinajstić information content (AvgIpc) is 1.54. The second-order valence-electron chi connectivity index (χ2n) is 30.6. The molecule has 117 heavy (non-hydrogen) atoms. The number of nitro benzene ring substituents is 1. The van der Waals surface area contributed by atoms with Crippen LogP contribution in [0.15, 0.2) is 54.7 Å². The predicted octanol–water partition coefficient (Wildman–Crippen LogP) is 7.41. The summed E-state index contributed by atoms with van der Waals surface area (Å²) < 4.78 is 93.5. The molecule has 16 atom stereocenters. The van der Waals surface area contributed by atoms with Gasteiger partial charge in [0.15, 0.2) is 17.6 Å². The minimum absolute atomic E-state index is 0.0629. The third-order valence-electron chi connectivity index (χ3n) is 21.6. The normalized spacial score (nSPS) is 19.6. The van der Waals surface area contributed by atoms with Crippen LogP contribution >= 0.6 is 0 Å². The first-order valence-electron chi connectivity index (χ1n) is 41.4. The van der Waals surface area contributed by atoms with Crippen LogP contribution in [0, 0.1) is 51.5 Å². The van der Waals surface area contributed by atoms with Gasteiger partial charge < -0.3 is 107 Å². The first-order valence-corrected chi connectivity index (χ1v) is 41.4. The molecular weight excluding hydrogens is 1520 g/mol. The van der Waals surface area contributed by atoms with Crippen LogP contribution in [0.1, 0.15) is 144 Å². The van der Waals surface area contributed by atoms with Crippen LogP contribution in [0.4, 0.5) is 10.5 Å². The van der Waals surface area contributed by atoms with Gasteiger partial charge in [-0.2, -0.15) is 0 Å². The number of amides is 4. The van der Waals surface area contributed by atoms with Gasteiger partial charge in [-0.15, -0.1) is 5.10 Å². The molecule has 2 saturated heterocycles. The van der Waals surface area contributed by atoms with Crippen molar-refractivity contribution in [2.24, 2.45) is 47.2 Å². The summed E-state index contributed by atoms with van der Waals surface area (Å²) in [6.07, 6.45) is -4.22. The molecular formula is C83H137N9O25. The molecule has 5 rings (SSSR count). The lowest BCUT2D eigenvalue weighted by atomic mass is 9.83. The molecule has 34 nitrogen and oxygen atoms in total. The van der Waals surface area contributed by atoms with Crippen molar-refractivity contribution in [2.45, 2.75) is 195 Å². The van der Waals surface area contributed by atoms with E-state index in [0.717, 1.165) is 0 Å². The molecule has 4 N–H and O–H groups in total. The molecule has 2 fully saturated rings. The molecule has 4 amide bonds. The minimum atomic E-state index is -1.28. The fourth-order valence-corrected chi connectivity index (χ4v) is 14.5. The number of likely N-dealkylation sites (N-methyl/N-ethyl adjacent to an activating group) is 2. The lowest BCUT2D eigenvalue weighted by Crippen LogP contribution is -2.55. The van der Waals surface area contributed by atoms with Crippen molar-refractivity contribution < 1.29 is 115 Å². The summed E-state index contributed by atoms with van der Waals surface area (Å²) in [4.78, 5) is 103. The Labute approximate surface area is 691 Å². The maximum atomic E-state index is 15.2. The number of nitrogens with two attached hydrogens (primary N) is 1. The summed E-state index contributed by atoms with van der Waals surface area (Å²) >= 11 is 0. The van der Waals surface area contributed by atoms with Gasteiger partial charge in [-0.25, -0.2) is 9.48 Å². The van der Waals surface area contributed by atoms with Crippen LogP contribution in [0.3, 0.4) is 0 Å². The van der Waals surface area contributed by atoms with Crippen LogP contribution in [0.25, 0.3) is 0 Å². The van der Waals surface area contributed by atoms with Gasteiger partial charge in [0.2, 0.25) is 24.0 Å². The van der Waals surface area contributed by atoms with Gasteiger partial charge in [-0.1, -0.05) is 110 Å². The Kier molecular flexibility index (Phi) is 47.3. The molecule has 3 heterocycles. The summed E-state index contributed by atoms with van der Waals surface area (Å²) in [5.74, 6) is -5.17. The number of nitro groups is 1. The van der Waals surface area contributed by atoms with E-state index in [1.807, 2.05) is 66.7 Å². The summed E-state index contributed by atoms with van der Waals surface area (Å²) in [5.41, 5.74) is 6.02. The van der Waals surface area contributed by atoms with E-state index in [4.69, 9.17) is 81.5 Å². The van der Waals surface area contributed by atoms with Gasteiger partial charge in [0.05, 0.1) is 210 Å². The molecule has 2 aliphatic heterocycles. The summed E-state index contributed by atoms with van der Waals surface area (Å²) in [6.45, 7) is 31.1.